The number of aromatic nitrogens is 4. The number of para-hydroxylation sites is 2. The Hall–Kier alpha value is -6.99. The summed E-state index contributed by atoms with van der Waals surface area (Å²) in [6, 6.07) is 64.9. The summed E-state index contributed by atoms with van der Waals surface area (Å²) in [4.78, 5) is 15.5. The van der Waals surface area contributed by atoms with Crippen molar-refractivity contribution >= 4 is 84.8 Å². The highest BCUT2D eigenvalue weighted by Crippen LogP contribution is 2.43. The van der Waals surface area contributed by atoms with E-state index in [0.717, 1.165) is 27.8 Å². The highest BCUT2D eigenvalue weighted by Gasteiger charge is 2.20. The summed E-state index contributed by atoms with van der Waals surface area (Å²) in [6.07, 6.45) is 0. The van der Waals surface area contributed by atoms with Gasteiger partial charge in [0, 0.05) is 79.1 Å². The molecular weight excluding hydrogens is 733 g/mol. The van der Waals surface area contributed by atoms with Crippen LogP contribution in [-0.4, -0.2) is 19.5 Å². The van der Waals surface area contributed by atoms with Crippen molar-refractivity contribution < 1.29 is 0 Å². The first-order valence-corrected chi connectivity index (χ1v) is 20.7. The third-order valence-corrected chi connectivity index (χ3v) is 13.3. The molecule has 0 amide bonds. The Morgan fingerprint density at radius 2 is 0.947 bits per heavy atom. The monoisotopic (exact) mass is 762 g/mol. The molecule has 0 aliphatic rings. The maximum absolute atomic E-state index is 5.24. The zero-order valence-corrected chi connectivity index (χ0v) is 32.1. The second kappa shape index (κ2) is 12.8. The van der Waals surface area contributed by atoms with Crippen LogP contribution in [0.3, 0.4) is 0 Å². The average Bonchev–Trinajstić information content (AvgIpc) is 3.96. The lowest BCUT2D eigenvalue weighted by Gasteiger charge is -2.12. The molecule has 0 unspecified atom stereocenters. The molecule has 0 aliphatic carbocycles. The number of nitrogens with zero attached hydrogens (tertiary/aromatic N) is 4. The highest BCUT2D eigenvalue weighted by atomic mass is 32.1. The van der Waals surface area contributed by atoms with E-state index in [9.17, 15) is 0 Å². The minimum atomic E-state index is 0.659. The summed E-state index contributed by atoms with van der Waals surface area (Å²) in [5.74, 6) is 1.99. The second-order valence-electron chi connectivity index (χ2n) is 14.4. The molecule has 0 radical (unpaired) electrons. The Kier molecular flexibility index (Phi) is 7.24. The predicted molar refractivity (Wildman–Crippen MR) is 242 cm³/mol. The normalized spacial score (nSPS) is 11.9. The van der Waals surface area contributed by atoms with Gasteiger partial charge in [0.25, 0.3) is 0 Å². The number of rotatable bonds is 5. The molecule has 4 heterocycles. The van der Waals surface area contributed by atoms with Crippen LogP contribution < -0.4 is 0 Å². The molecule has 0 spiro atoms. The van der Waals surface area contributed by atoms with Gasteiger partial charge >= 0.3 is 0 Å². The summed E-state index contributed by atoms with van der Waals surface area (Å²) in [5.41, 5.74) is 8.89. The van der Waals surface area contributed by atoms with Crippen molar-refractivity contribution in [1.82, 2.24) is 19.5 Å². The lowest BCUT2D eigenvalue weighted by Crippen LogP contribution is -2.00. The lowest BCUT2D eigenvalue weighted by molar-refractivity contribution is 1.08. The van der Waals surface area contributed by atoms with Crippen LogP contribution in [0.25, 0.3) is 113 Å². The SMILES string of the molecule is c1ccc(-c2nc(-c3ccc4c(c3)sc3ccccc34)nc(-c3cccc4sc5cc(-n6c7ccccc7c7cccc(-c8ccccc8)c76)ccc5c34)n2)cc1. The van der Waals surface area contributed by atoms with Gasteiger partial charge < -0.3 is 4.57 Å². The van der Waals surface area contributed by atoms with E-state index in [2.05, 4.69) is 168 Å². The van der Waals surface area contributed by atoms with Crippen molar-refractivity contribution in [3.05, 3.63) is 182 Å². The van der Waals surface area contributed by atoms with E-state index in [0.29, 0.717) is 17.5 Å². The molecule has 57 heavy (non-hydrogen) atoms. The molecule has 0 aliphatic heterocycles. The number of hydrogen-bond acceptors (Lipinski definition) is 5. The van der Waals surface area contributed by atoms with E-state index in [1.165, 1.54) is 67.9 Å². The molecule has 0 bridgehead atoms. The van der Waals surface area contributed by atoms with E-state index < -0.39 is 0 Å². The topological polar surface area (TPSA) is 43.6 Å². The smallest absolute Gasteiger partial charge is 0.164 e. The molecular formula is C51H30N4S2. The molecule has 8 aromatic carbocycles. The van der Waals surface area contributed by atoms with Crippen molar-refractivity contribution in [2.75, 3.05) is 0 Å². The van der Waals surface area contributed by atoms with E-state index >= 15 is 0 Å². The lowest BCUT2D eigenvalue weighted by atomic mass is 10.0. The van der Waals surface area contributed by atoms with Gasteiger partial charge in [-0.25, -0.2) is 15.0 Å². The minimum absolute atomic E-state index is 0.659. The van der Waals surface area contributed by atoms with Gasteiger partial charge in [0.05, 0.1) is 11.0 Å². The van der Waals surface area contributed by atoms with Gasteiger partial charge in [0.15, 0.2) is 17.5 Å². The molecule has 0 fully saturated rings. The summed E-state index contributed by atoms with van der Waals surface area (Å²) in [5, 5.41) is 7.37. The molecule has 266 valence electrons. The first-order valence-electron chi connectivity index (χ1n) is 19.0. The molecule has 6 heteroatoms. The molecule has 0 atom stereocenters. The quantitative estimate of drug-likeness (QED) is 0.175. The Morgan fingerprint density at radius 3 is 1.81 bits per heavy atom. The standard InChI is InChI=1S/C51H30N4S2/c1-3-13-31(14-4-1)35-19-11-20-39-36-17-7-9-22-42(36)55(48(35)39)34-26-28-40-46(30-34)57-44-24-12-21-41(47(40)44)51-53-49(32-15-5-2-6-16-32)52-50(54-51)33-25-27-38-37-18-8-10-23-43(37)56-45(38)29-33/h1-30H. The number of benzene rings is 8. The minimum Gasteiger partial charge on any atom is -0.309 e. The van der Waals surface area contributed by atoms with E-state index in [1.54, 1.807) is 11.3 Å². The third kappa shape index (κ3) is 5.15. The fourth-order valence-corrected chi connectivity index (χ4v) is 10.8. The predicted octanol–water partition coefficient (Wildman–Crippen LogP) is 14.4. The molecule has 0 saturated heterocycles. The van der Waals surface area contributed by atoms with Gasteiger partial charge in [-0.1, -0.05) is 146 Å². The number of fused-ring (bicyclic) bond motifs is 9. The van der Waals surface area contributed by atoms with Crippen LogP contribution >= 0.6 is 22.7 Å². The van der Waals surface area contributed by atoms with Gasteiger partial charge in [-0.3, -0.25) is 0 Å². The van der Waals surface area contributed by atoms with Crippen LogP contribution in [0.2, 0.25) is 0 Å². The van der Waals surface area contributed by atoms with Crippen molar-refractivity contribution in [3.63, 3.8) is 0 Å². The molecule has 12 rings (SSSR count). The Morgan fingerprint density at radius 1 is 0.351 bits per heavy atom. The van der Waals surface area contributed by atoms with Crippen LogP contribution in [-0.2, 0) is 0 Å². The molecule has 4 nitrogen and oxygen atoms in total. The van der Waals surface area contributed by atoms with Gasteiger partial charge in [-0.05, 0) is 42.0 Å². The van der Waals surface area contributed by atoms with Gasteiger partial charge in [0.1, 0.15) is 0 Å². The van der Waals surface area contributed by atoms with Gasteiger partial charge in [-0.2, -0.15) is 0 Å². The van der Waals surface area contributed by atoms with Gasteiger partial charge in [-0.15, -0.1) is 22.7 Å². The molecule has 0 N–H and O–H groups in total. The first-order chi connectivity index (χ1) is 28.2. The van der Waals surface area contributed by atoms with Gasteiger partial charge in [0.2, 0.25) is 0 Å². The summed E-state index contributed by atoms with van der Waals surface area (Å²) >= 11 is 3.62. The van der Waals surface area contributed by atoms with Crippen LogP contribution in [0, 0.1) is 0 Å². The highest BCUT2D eigenvalue weighted by molar-refractivity contribution is 7.26. The summed E-state index contributed by atoms with van der Waals surface area (Å²) < 4.78 is 7.35. The third-order valence-electron chi connectivity index (χ3n) is 11.1. The van der Waals surface area contributed by atoms with E-state index in [-0.39, 0.29) is 0 Å². The Bertz CT molecular complexity index is 3530. The van der Waals surface area contributed by atoms with Crippen molar-refractivity contribution in [2.24, 2.45) is 0 Å². The Labute approximate surface area is 335 Å². The van der Waals surface area contributed by atoms with Crippen molar-refractivity contribution in [1.29, 1.82) is 0 Å². The number of hydrogen-bond donors (Lipinski definition) is 0. The second-order valence-corrected chi connectivity index (χ2v) is 16.5. The van der Waals surface area contributed by atoms with Crippen LogP contribution in [0.4, 0.5) is 0 Å². The molecule has 12 aromatic rings. The van der Waals surface area contributed by atoms with E-state index in [4.69, 9.17) is 15.0 Å². The largest absolute Gasteiger partial charge is 0.309 e. The van der Waals surface area contributed by atoms with Crippen LogP contribution in [0.5, 0.6) is 0 Å². The number of thiophene rings is 2. The Balaban J connectivity index is 1.05. The molecule has 0 saturated carbocycles. The van der Waals surface area contributed by atoms with Crippen LogP contribution in [0.15, 0.2) is 182 Å². The average molecular weight is 763 g/mol. The van der Waals surface area contributed by atoms with E-state index in [1.807, 2.05) is 29.5 Å². The summed E-state index contributed by atoms with van der Waals surface area (Å²) in [6.45, 7) is 0. The molecule has 4 aromatic heterocycles. The maximum atomic E-state index is 5.24. The maximum Gasteiger partial charge on any atom is 0.164 e. The summed E-state index contributed by atoms with van der Waals surface area (Å²) in [7, 11) is 0. The fourth-order valence-electron chi connectivity index (χ4n) is 8.48. The van der Waals surface area contributed by atoms with Crippen LogP contribution in [0.1, 0.15) is 0 Å². The first kappa shape index (κ1) is 32.3. The van der Waals surface area contributed by atoms with Crippen molar-refractivity contribution in [2.45, 2.75) is 0 Å². The zero-order chi connectivity index (χ0) is 37.5. The zero-order valence-electron chi connectivity index (χ0n) is 30.4. The fraction of sp³-hybridized carbons (Fsp3) is 0. The van der Waals surface area contributed by atoms with Crippen molar-refractivity contribution in [3.8, 4) is 51.0 Å².